The van der Waals surface area contributed by atoms with Gasteiger partial charge in [-0.15, -0.1) is 0 Å². The van der Waals surface area contributed by atoms with E-state index >= 15 is 0 Å². The van der Waals surface area contributed by atoms with E-state index in [1.807, 2.05) is 28.0 Å². The van der Waals surface area contributed by atoms with Crippen molar-refractivity contribution in [2.75, 3.05) is 19.9 Å². The number of nitrogens with zero attached hydrogens (tertiary/aromatic N) is 3. The van der Waals surface area contributed by atoms with Crippen molar-refractivity contribution in [2.45, 2.75) is 38.3 Å². The lowest BCUT2D eigenvalue weighted by Gasteiger charge is -2.29. The Kier molecular flexibility index (Phi) is 3.63. The van der Waals surface area contributed by atoms with E-state index in [0.29, 0.717) is 37.8 Å². The predicted octanol–water partition coefficient (Wildman–Crippen LogP) is 1.70. The third kappa shape index (κ3) is 2.77. The van der Waals surface area contributed by atoms with Crippen molar-refractivity contribution < 1.29 is 19.1 Å². The molecule has 1 atom stereocenters. The Bertz CT molecular complexity index is 1010. The second-order valence-corrected chi connectivity index (χ2v) is 8.29. The fourth-order valence-electron chi connectivity index (χ4n) is 4.66. The molecule has 1 aromatic heterocycles. The summed E-state index contributed by atoms with van der Waals surface area (Å²) in [6.07, 6.45) is 3.24. The number of hydrogen-bond donors (Lipinski definition) is 1. The van der Waals surface area contributed by atoms with E-state index < -0.39 is 0 Å². The Morgan fingerprint density at radius 3 is 2.93 bits per heavy atom. The molecule has 0 bridgehead atoms. The third-order valence-electron chi connectivity index (χ3n) is 6.39. The van der Waals surface area contributed by atoms with Gasteiger partial charge in [0, 0.05) is 55.3 Å². The topological polar surface area (TPSA) is 87.8 Å². The highest BCUT2D eigenvalue weighted by molar-refractivity contribution is 5.90. The Hall–Kier alpha value is -3.03. The molecule has 1 aliphatic carbocycles. The summed E-state index contributed by atoms with van der Waals surface area (Å²) in [7, 11) is 0. The molecule has 2 fully saturated rings. The molecule has 1 aromatic carbocycles. The van der Waals surface area contributed by atoms with E-state index in [1.165, 1.54) is 0 Å². The van der Waals surface area contributed by atoms with Crippen LogP contribution < -0.4 is 9.47 Å². The van der Waals surface area contributed by atoms with E-state index in [-0.39, 0.29) is 24.5 Å². The zero-order chi connectivity index (χ0) is 19.5. The molecule has 8 nitrogen and oxygen atoms in total. The molecule has 0 spiro atoms. The predicted molar refractivity (Wildman–Crippen MR) is 102 cm³/mol. The summed E-state index contributed by atoms with van der Waals surface area (Å²) in [6, 6.07) is 6.16. The molecule has 29 heavy (non-hydrogen) atoms. The first-order valence-corrected chi connectivity index (χ1v) is 10.2. The van der Waals surface area contributed by atoms with Crippen LogP contribution in [0.5, 0.6) is 11.5 Å². The Balaban J connectivity index is 1.23. The molecule has 150 valence electrons. The fraction of sp³-hybridized carbons (Fsp3) is 0.476. The number of likely N-dealkylation sites (tertiary alicyclic amines) is 1. The minimum absolute atomic E-state index is 0.0880. The van der Waals surface area contributed by atoms with Gasteiger partial charge in [-0.25, -0.2) is 0 Å². The van der Waals surface area contributed by atoms with Crippen LogP contribution >= 0.6 is 0 Å². The number of fused-ring (bicyclic) bond motifs is 2. The standard InChI is InChI=1S/C21H22N4O4/c26-19-8-13(9-25(19)14-2-3-14)21(27)24-6-5-16-15(10-24)20(23-22-16)12-1-4-17-18(7-12)29-11-28-17/h1,4,7,13-14H,2-3,5-6,8-11H2,(H,22,23). The summed E-state index contributed by atoms with van der Waals surface area (Å²) in [6.45, 7) is 1.98. The number of carbonyl (C=O) groups excluding carboxylic acids is 2. The van der Waals surface area contributed by atoms with Crippen molar-refractivity contribution in [1.82, 2.24) is 20.0 Å². The van der Waals surface area contributed by atoms with Gasteiger partial charge in [0.25, 0.3) is 0 Å². The van der Waals surface area contributed by atoms with Gasteiger partial charge in [-0.2, -0.15) is 5.10 Å². The molecule has 8 heteroatoms. The summed E-state index contributed by atoms with van der Waals surface area (Å²) in [5.74, 6) is 1.46. The van der Waals surface area contributed by atoms with Crippen LogP contribution in [-0.4, -0.2) is 57.7 Å². The number of carbonyl (C=O) groups is 2. The van der Waals surface area contributed by atoms with Gasteiger partial charge in [-0.05, 0) is 31.0 Å². The zero-order valence-electron chi connectivity index (χ0n) is 16.0. The molecule has 2 amide bonds. The highest BCUT2D eigenvalue weighted by Crippen LogP contribution is 2.38. The number of ether oxygens (including phenoxy) is 2. The Morgan fingerprint density at radius 2 is 2.07 bits per heavy atom. The molecule has 4 heterocycles. The van der Waals surface area contributed by atoms with E-state index in [2.05, 4.69) is 10.2 Å². The second-order valence-electron chi connectivity index (χ2n) is 8.29. The van der Waals surface area contributed by atoms with E-state index in [1.54, 1.807) is 0 Å². The van der Waals surface area contributed by atoms with Crippen LogP contribution in [0.2, 0.25) is 0 Å². The Morgan fingerprint density at radius 1 is 1.21 bits per heavy atom. The first-order chi connectivity index (χ1) is 14.2. The Labute approximate surface area is 167 Å². The molecule has 3 aliphatic heterocycles. The zero-order valence-corrected chi connectivity index (χ0v) is 16.0. The van der Waals surface area contributed by atoms with Gasteiger partial charge in [0.2, 0.25) is 18.6 Å². The van der Waals surface area contributed by atoms with Gasteiger partial charge in [0.1, 0.15) is 0 Å². The molecule has 1 saturated carbocycles. The summed E-state index contributed by atoms with van der Waals surface area (Å²) in [4.78, 5) is 29.2. The highest BCUT2D eigenvalue weighted by Gasteiger charge is 2.43. The van der Waals surface area contributed by atoms with Crippen molar-refractivity contribution >= 4 is 11.8 Å². The van der Waals surface area contributed by atoms with E-state index in [4.69, 9.17) is 9.47 Å². The molecule has 4 aliphatic rings. The quantitative estimate of drug-likeness (QED) is 0.856. The number of benzene rings is 1. The number of aromatic amines is 1. The minimum atomic E-state index is -0.217. The fourth-order valence-corrected chi connectivity index (χ4v) is 4.66. The van der Waals surface area contributed by atoms with Crippen LogP contribution in [0.25, 0.3) is 11.3 Å². The lowest BCUT2D eigenvalue weighted by molar-refractivity contribution is -0.136. The minimum Gasteiger partial charge on any atom is -0.454 e. The summed E-state index contributed by atoms with van der Waals surface area (Å²) < 4.78 is 10.9. The first-order valence-electron chi connectivity index (χ1n) is 10.2. The average molecular weight is 394 g/mol. The van der Waals surface area contributed by atoms with Gasteiger partial charge in [-0.1, -0.05) is 0 Å². The summed E-state index contributed by atoms with van der Waals surface area (Å²) in [5.41, 5.74) is 3.91. The van der Waals surface area contributed by atoms with E-state index in [9.17, 15) is 9.59 Å². The van der Waals surface area contributed by atoms with Crippen molar-refractivity contribution in [3.8, 4) is 22.8 Å². The first kappa shape index (κ1) is 16.9. The molecular formula is C21H22N4O4. The summed E-state index contributed by atoms with van der Waals surface area (Å²) in [5, 5.41) is 7.66. The lowest BCUT2D eigenvalue weighted by Crippen LogP contribution is -2.40. The molecule has 0 radical (unpaired) electrons. The third-order valence-corrected chi connectivity index (χ3v) is 6.39. The van der Waals surface area contributed by atoms with Crippen molar-refractivity contribution in [3.63, 3.8) is 0 Å². The lowest BCUT2D eigenvalue weighted by atomic mass is 9.99. The van der Waals surface area contributed by atoms with Crippen LogP contribution in [0.15, 0.2) is 18.2 Å². The van der Waals surface area contributed by atoms with Gasteiger partial charge in [-0.3, -0.25) is 14.7 Å². The van der Waals surface area contributed by atoms with Crippen LogP contribution in [0.4, 0.5) is 0 Å². The van der Waals surface area contributed by atoms with Crippen LogP contribution in [0.1, 0.15) is 30.5 Å². The number of aromatic nitrogens is 2. The van der Waals surface area contributed by atoms with Crippen LogP contribution in [0, 0.1) is 5.92 Å². The van der Waals surface area contributed by atoms with Crippen molar-refractivity contribution in [1.29, 1.82) is 0 Å². The molecular weight excluding hydrogens is 372 g/mol. The molecule has 1 unspecified atom stereocenters. The van der Waals surface area contributed by atoms with Gasteiger partial charge in [0.05, 0.1) is 11.6 Å². The monoisotopic (exact) mass is 394 g/mol. The second kappa shape index (κ2) is 6.23. The molecule has 6 rings (SSSR count). The number of nitrogens with one attached hydrogen (secondary N) is 1. The number of rotatable bonds is 3. The normalized spacial score (nSPS) is 22.9. The molecule has 1 N–H and O–H groups in total. The molecule has 1 saturated heterocycles. The van der Waals surface area contributed by atoms with Crippen molar-refractivity contribution in [2.24, 2.45) is 5.92 Å². The SMILES string of the molecule is O=C(C1CC(=O)N(C2CC2)C1)N1CCc2[nH]nc(-c3ccc4c(c3)OCO4)c2C1. The summed E-state index contributed by atoms with van der Waals surface area (Å²) >= 11 is 0. The maximum atomic E-state index is 13.1. The number of amides is 2. The maximum Gasteiger partial charge on any atom is 0.231 e. The smallest absolute Gasteiger partial charge is 0.231 e. The maximum absolute atomic E-state index is 13.1. The van der Waals surface area contributed by atoms with Gasteiger partial charge < -0.3 is 19.3 Å². The largest absolute Gasteiger partial charge is 0.454 e. The molecule has 2 aromatic rings. The number of hydrogen-bond acceptors (Lipinski definition) is 5. The van der Waals surface area contributed by atoms with Crippen LogP contribution in [0.3, 0.4) is 0 Å². The van der Waals surface area contributed by atoms with E-state index in [0.717, 1.165) is 47.5 Å². The van der Waals surface area contributed by atoms with Gasteiger partial charge >= 0.3 is 0 Å². The van der Waals surface area contributed by atoms with Crippen molar-refractivity contribution in [3.05, 3.63) is 29.5 Å². The van der Waals surface area contributed by atoms with Crippen LogP contribution in [-0.2, 0) is 22.6 Å². The highest BCUT2D eigenvalue weighted by atomic mass is 16.7. The average Bonchev–Trinajstić information content (AvgIpc) is 3.14. The van der Waals surface area contributed by atoms with Gasteiger partial charge in [0.15, 0.2) is 11.5 Å². The number of H-pyrrole nitrogens is 1.